The topological polar surface area (TPSA) is 35.2 Å². The van der Waals surface area contributed by atoms with E-state index in [0.717, 1.165) is 18.8 Å². The predicted molar refractivity (Wildman–Crippen MR) is 74.0 cm³/mol. The maximum absolute atomic E-state index is 6.29. The zero-order valence-electron chi connectivity index (χ0n) is 12.2. The van der Waals surface area contributed by atoms with Crippen LogP contribution in [0.1, 0.15) is 66.2 Å². The molecule has 1 rings (SSSR count). The van der Waals surface area contributed by atoms with Crippen molar-refractivity contribution in [1.82, 2.24) is 0 Å². The second-order valence-electron chi connectivity index (χ2n) is 6.19. The fourth-order valence-corrected chi connectivity index (χ4v) is 2.80. The van der Waals surface area contributed by atoms with Crippen molar-refractivity contribution in [2.45, 2.75) is 77.9 Å². The largest absolute Gasteiger partial charge is 0.370 e. The van der Waals surface area contributed by atoms with E-state index in [0.29, 0.717) is 18.6 Å². The van der Waals surface area contributed by atoms with E-state index >= 15 is 0 Å². The third kappa shape index (κ3) is 4.26. The van der Waals surface area contributed by atoms with Gasteiger partial charge in [0.25, 0.3) is 0 Å². The van der Waals surface area contributed by atoms with E-state index in [-0.39, 0.29) is 5.60 Å². The first kappa shape index (κ1) is 15.0. The van der Waals surface area contributed by atoms with Crippen LogP contribution in [0.2, 0.25) is 0 Å². The van der Waals surface area contributed by atoms with Gasteiger partial charge in [-0.25, -0.2) is 0 Å². The predicted octanol–water partition coefficient (Wildman–Crippen LogP) is 3.74. The molecule has 2 heteroatoms. The molecule has 2 N–H and O–H groups in total. The monoisotopic (exact) mass is 241 g/mol. The second kappa shape index (κ2) is 6.75. The van der Waals surface area contributed by atoms with Crippen molar-refractivity contribution in [3.63, 3.8) is 0 Å². The smallest absolute Gasteiger partial charge is 0.0808 e. The van der Waals surface area contributed by atoms with Crippen LogP contribution in [-0.2, 0) is 4.74 Å². The van der Waals surface area contributed by atoms with Crippen LogP contribution in [0.15, 0.2) is 0 Å². The highest BCUT2D eigenvalue weighted by Gasteiger charge is 2.36. The van der Waals surface area contributed by atoms with E-state index in [1.165, 1.54) is 25.7 Å². The summed E-state index contributed by atoms with van der Waals surface area (Å²) < 4.78 is 6.29. The molecule has 1 unspecified atom stereocenters. The Kier molecular flexibility index (Phi) is 5.94. The third-order valence-electron chi connectivity index (χ3n) is 4.46. The summed E-state index contributed by atoms with van der Waals surface area (Å²) in [4.78, 5) is 0. The zero-order valence-corrected chi connectivity index (χ0v) is 12.2. The Balaban J connectivity index is 2.49. The van der Waals surface area contributed by atoms with E-state index < -0.39 is 0 Å². The highest BCUT2D eigenvalue weighted by atomic mass is 16.5. The molecule has 2 nitrogen and oxygen atoms in total. The van der Waals surface area contributed by atoms with Gasteiger partial charge in [0, 0.05) is 6.54 Å². The molecule has 0 spiro atoms. The lowest BCUT2D eigenvalue weighted by Crippen LogP contribution is -2.46. The molecule has 1 saturated carbocycles. The molecule has 17 heavy (non-hydrogen) atoms. The van der Waals surface area contributed by atoms with Crippen LogP contribution >= 0.6 is 0 Å². The van der Waals surface area contributed by atoms with E-state index in [4.69, 9.17) is 10.5 Å². The molecule has 0 radical (unpaired) electrons. The molecule has 0 aliphatic heterocycles. The quantitative estimate of drug-likeness (QED) is 0.769. The van der Waals surface area contributed by atoms with E-state index in [2.05, 4.69) is 27.7 Å². The second-order valence-corrected chi connectivity index (χ2v) is 6.19. The number of ether oxygens (including phenoxy) is 1. The van der Waals surface area contributed by atoms with Crippen LogP contribution in [0.5, 0.6) is 0 Å². The van der Waals surface area contributed by atoms with E-state index in [1.807, 2.05) is 0 Å². The van der Waals surface area contributed by atoms with Gasteiger partial charge < -0.3 is 10.5 Å². The van der Waals surface area contributed by atoms with E-state index in [1.54, 1.807) is 0 Å². The highest BCUT2D eigenvalue weighted by Crippen LogP contribution is 2.37. The zero-order chi connectivity index (χ0) is 12.9. The molecule has 0 bridgehead atoms. The lowest BCUT2D eigenvalue weighted by atomic mass is 9.77. The van der Waals surface area contributed by atoms with Gasteiger partial charge in [-0.05, 0) is 44.4 Å². The Morgan fingerprint density at radius 2 is 1.82 bits per heavy atom. The average Bonchev–Trinajstić information content (AvgIpc) is 2.32. The Bertz CT molecular complexity index is 207. The fourth-order valence-electron chi connectivity index (χ4n) is 2.80. The van der Waals surface area contributed by atoms with Crippen molar-refractivity contribution in [2.24, 2.45) is 17.6 Å². The molecule has 1 aliphatic rings. The van der Waals surface area contributed by atoms with Crippen molar-refractivity contribution < 1.29 is 4.74 Å². The fraction of sp³-hybridized carbons (Fsp3) is 1.00. The summed E-state index contributed by atoms with van der Waals surface area (Å²) in [5, 5.41) is 0. The molecule has 0 aromatic rings. The van der Waals surface area contributed by atoms with Crippen LogP contribution in [0.25, 0.3) is 0 Å². The maximum atomic E-state index is 6.29. The Morgan fingerprint density at radius 3 is 2.24 bits per heavy atom. The molecule has 102 valence electrons. The Hall–Kier alpha value is -0.0800. The van der Waals surface area contributed by atoms with Crippen molar-refractivity contribution >= 4 is 0 Å². The van der Waals surface area contributed by atoms with Gasteiger partial charge in [0.2, 0.25) is 0 Å². The van der Waals surface area contributed by atoms with Gasteiger partial charge in [-0.1, -0.05) is 33.6 Å². The van der Waals surface area contributed by atoms with Gasteiger partial charge >= 0.3 is 0 Å². The summed E-state index contributed by atoms with van der Waals surface area (Å²) in [5.74, 6) is 1.49. The van der Waals surface area contributed by atoms with Gasteiger partial charge in [0.15, 0.2) is 0 Å². The van der Waals surface area contributed by atoms with Crippen molar-refractivity contribution in [2.75, 3.05) is 6.54 Å². The minimum atomic E-state index is -0.0199. The first-order chi connectivity index (χ1) is 8.03. The molecule has 1 fully saturated rings. The molecule has 0 heterocycles. The normalized spacial score (nSPS) is 31.8. The van der Waals surface area contributed by atoms with E-state index in [9.17, 15) is 0 Å². The van der Waals surface area contributed by atoms with Gasteiger partial charge in [-0.2, -0.15) is 0 Å². The minimum Gasteiger partial charge on any atom is -0.370 e. The molecular weight excluding hydrogens is 210 g/mol. The standard InChI is InChI=1S/C15H31NO/c1-5-6-14-7-9-15(11-16,10-8-14)17-13(4)12(2)3/h12-14H,5-11,16H2,1-4H3. The summed E-state index contributed by atoms with van der Waals surface area (Å²) >= 11 is 0. The summed E-state index contributed by atoms with van der Waals surface area (Å²) in [5.41, 5.74) is 5.96. The summed E-state index contributed by atoms with van der Waals surface area (Å²) in [6, 6.07) is 0. The first-order valence-corrected chi connectivity index (χ1v) is 7.41. The van der Waals surface area contributed by atoms with Crippen LogP contribution in [0, 0.1) is 11.8 Å². The molecule has 0 aromatic heterocycles. The van der Waals surface area contributed by atoms with Crippen LogP contribution in [-0.4, -0.2) is 18.2 Å². The van der Waals surface area contributed by atoms with Gasteiger partial charge in [0.05, 0.1) is 11.7 Å². The summed E-state index contributed by atoms with van der Waals surface area (Å²) in [6.07, 6.45) is 7.92. The average molecular weight is 241 g/mol. The molecule has 1 atom stereocenters. The lowest BCUT2D eigenvalue weighted by Gasteiger charge is -2.42. The van der Waals surface area contributed by atoms with Gasteiger partial charge in [-0.3, -0.25) is 0 Å². The lowest BCUT2D eigenvalue weighted by molar-refractivity contribution is -0.121. The highest BCUT2D eigenvalue weighted by molar-refractivity contribution is 4.89. The van der Waals surface area contributed by atoms with Gasteiger partial charge in [0.1, 0.15) is 0 Å². The van der Waals surface area contributed by atoms with Crippen molar-refractivity contribution in [3.8, 4) is 0 Å². The molecule has 0 amide bonds. The van der Waals surface area contributed by atoms with Crippen molar-refractivity contribution in [3.05, 3.63) is 0 Å². The maximum Gasteiger partial charge on any atom is 0.0808 e. The molecular formula is C15H31NO. The number of hydrogen-bond donors (Lipinski definition) is 1. The Morgan fingerprint density at radius 1 is 1.24 bits per heavy atom. The summed E-state index contributed by atoms with van der Waals surface area (Å²) in [6.45, 7) is 9.58. The van der Waals surface area contributed by atoms with Crippen LogP contribution < -0.4 is 5.73 Å². The van der Waals surface area contributed by atoms with Crippen LogP contribution in [0.4, 0.5) is 0 Å². The Labute approximate surface area is 107 Å². The number of rotatable bonds is 6. The molecule has 0 aromatic carbocycles. The van der Waals surface area contributed by atoms with Crippen molar-refractivity contribution in [1.29, 1.82) is 0 Å². The molecule has 1 aliphatic carbocycles. The molecule has 0 saturated heterocycles. The third-order valence-corrected chi connectivity index (χ3v) is 4.46. The summed E-state index contributed by atoms with van der Waals surface area (Å²) in [7, 11) is 0. The van der Waals surface area contributed by atoms with Crippen LogP contribution in [0.3, 0.4) is 0 Å². The number of nitrogens with two attached hydrogens (primary N) is 1. The first-order valence-electron chi connectivity index (χ1n) is 7.41. The van der Waals surface area contributed by atoms with Gasteiger partial charge in [-0.15, -0.1) is 0 Å². The minimum absolute atomic E-state index is 0.0199. The number of hydrogen-bond acceptors (Lipinski definition) is 2. The SMILES string of the molecule is CCCC1CCC(CN)(OC(C)C(C)C)CC1.